The fraction of sp³-hybridized carbons (Fsp3) is 0.154. The minimum atomic E-state index is -0.328. The van der Waals surface area contributed by atoms with Crippen molar-refractivity contribution in [2.45, 2.75) is 6.54 Å². The number of anilines is 2. The number of nitrogen functional groups attached to an aromatic ring is 1. The van der Waals surface area contributed by atoms with Crippen molar-refractivity contribution in [1.82, 2.24) is 4.98 Å². The van der Waals surface area contributed by atoms with Gasteiger partial charge in [-0.3, -0.25) is 0 Å². The van der Waals surface area contributed by atoms with E-state index in [4.69, 9.17) is 5.73 Å². The molecule has 0 aliphatic carbocycles. The summed E-state index contributed by atoms with van der Waals surface area (Å²) in [6.07, 6.45) is 1.21. The molecular weight excluding hydrogens is 217 g/mol. The number of aromatic nitrogens is 1. The van der Waals surface area contributed by atoms with Crippen LogP contribution in [0.15, 0.2) is 42.6 Å². The molecule has 0 spiro atoms. The molecule has 1 aromatic carbocycles. The third-order valence-electron chi connectivity index (χ3n) is 2.47. The smallest absolute Gasteiger partial charge is 0.141 e. The van der Waals surface area contributed by atoms with Gasteiger partial charge in [0.2, 0.25) is 0 Å². The largest absolute Gasteiger partial charge is 0.399 e. The van der Waals surface area contributed by atoms with Crippen molar-refractivity contribution >= 4 is 11.5 Å². The van der Waals surface area contributed by atoms with Crippen LogP contribution in [0.1, 0.15) is 5.56 Å². The van der Waals surface area contributed by atoms with Gasteiger partial charge >= 0.3 is 0 Å². The Balaban J connectivity index is 2.11. The van der Waals surface area contributed by atoms with Crippen LogP contribution in [-0.2, 0) is 6.54 Å². The van der Waals surface area contributed by atoms with Gasteiger partial charge in [0, 0.05) is 19.3 Å². The highest BCUT2D eigenvalue weighted by atomic mass is 19.1. The van der Waals surface area contributed by atoms with Crippen molar-refractivity contribution in [2.75, 3.05) is 17.7 Å². The van der Waals surface area contributed by atoms with Gasteiger partial charge < -0.3 is 10.6 Å². The molecule has 0 amide bonds. The molecule has 1 aromatic heterocycles. The molecule has 0 bridgehead atoms. The van der Waals surface area contributed by atoms with Crippen molar-refractivity contribution in [2.24, 2.45) is 0 Å². The van der Waals surface area contributed by atoms with Gasteiger partial charge in [0.15, 0.2) is 0 Å². The Morgan fingerprint density at radius 1 is 1.29 bits per heavy atom. The number of benzene rings is 1. The van der Waals surface area contributed by atoms with Crippen LogP contribution >= 0.6 is 0 Å². The SMILES string of the molecule is CN(Cc1cccc(N)c1)c1ccc(F)cn1. The Morgan fingerprint density at radius 3 is 2.76 bits per heavy atom. The normalized spacial score (nSPS) is 10.2. The van der Waals surface area contributed by atoms with Crippen LogP contribution in [0.2, 0.25) is 0 Å². The summed E-state index contributed by atoms with van der Waals surface area (Å²) in [5.74, 6) is 0.403. The predicted molar refractivity (Wildman–Crippen MR) is 67.2 cm³/mol. The molecule has 0 aliphatic heterocycles. The van der Waals surface area contributed by atoms with Crippen molar-refractivity contribution < 1.29 is 4.39 Å². The molecular formula is C13H14FN3. The summed E-state index contributed by atoms with van der Waals surface area (Å²) in [4.78, 5) is 5.96. The second-order valence-electron chi connectivity index (χ2n) is 3.94. The van der Waals surface area contributed by atoms with Crippen molar-refractivity contribution in [3.05, 3.63) is 54.0 Å². The van der Waals surface area contributed by atoms with Crippen LogP contribution in [0.25, 0.3) is 0 Å². The number of nitrogens with two attached hydrogens (primary N) is 1. The molecule has 0 atom stereocenters. The molecule has 17 heavy (non-hydrogen) atoms. The highest BCUT2D eigenvalue weighted by Crippen LogP contribution is 2.14. The maximum atomic E-state index is 12.7. The highest BCUT2D eigenvalue weighted by molar-refractivity contribution is 5.43. The van der Waals surface area contributed by atoms with Crippen molar-refractivity contribution in [3.8, 4) is 0 Å². The van der Waals surface area contributed by atoms with E-state index in [0.29, 0.717) is 6.54 Å². The fourth-order valence-corrected chi connectivity index (χ4v) is 1.64. The van der Waals surface area contributed by atoms with Gasteiger partial charge in [-0.25, -0.2) is 9.37 Å². The first-order valence-corrected chi connectivity index (χ1v) is 5.32. The van der Waals surface area contributed by atoms with Crippen LogP contribution < -0.4 is 10.6 Å². The maximum Gasteiger partial charge on any atom is 0.141 e. The minimum Gasteiger partial charge on any atom is -0.399 e. The molecule has 0 saturated heterocycles. The molecule has 3 nitrogen and oxygen atoms in total. The highest BCUT2D eigenvalue weighted by Gasteiger charge is 2.03. The lowest BCUT2D eigenvalue weighted by Crippen LogP contribution is -2.17. The fourth-order valence-electron chi connectivity index (χ4n) is 1.64. The first-order valence-electron chi connectivity index (χ1n) is 5.32. The van der Waals surface area contributed by atoms with E-state index >= 15 is 0 Å². The molecule has 0 aliphatic rings. The lowest BCUT2D eigenvalue weighted by atomic mass is 10.2. The summed E-state index contributed by atoms with van der Waals surface area (Å²) in [5, 5.41) is 0. The molecule has 2 rings (SSSR count). The molecule has 2 aromatic rings. The molecule has 88 valence electrons. The molecule has 0 saturated carbocycles. The van der Waals surface area contributed by atoms with Gasteiger partial charge in [-0.15, -0.1) is 0 Å². The Hall–Kier alpha value is -2.10. The average molecular weight is 231 g/mol. The predicted octanol–water partition coefficient (Wildman–Crippen LogP) is 2.44. The van der Waals surface area contributed by atoms with Crippen LogP contribution in [0.3, 0.4) is 0 Å². The van der Waals surface area contributed by atoms with Crippen molar-refractivity contribution in [1.29, 1.82) is 0 Å². The lowest BCUT2D eigenvalue weighted by molar-refractivity contribution is 0.621. The third kappa shape index (κ3) is 2.93. The Bertz CT molecular complexity index is 496. The molecule has 2 N–H and O–H groups in total. The summed E-state index contributed by atoms with van der Waals surface area (Å²) in [7, 11) is 1.91. The molecule has 1 heterocycles. The minimum absolute atomic E-state index is 0.328. The monoisotopic (exact) mass is 231 g/mol. The zero-order chi connectivity index (χ0) is 12.3. The van der Waals surface area contributed by atoms with Crippen molar-refractivity contribution in [3.63, 3.8) is 0 Å². The van der Waals surface area contributed by atoms with E-state index < -0.39 is 0 Å². The number of rotatable bonds is 3. The first kappa shape index (κ1) is 11.4. The summed E-state index contributed by atoms with van der Waals surface area (Å²) >= 11 is 0. The number of hydrogen-bond donors (Lipinski definition) is 1. The van der Waals surface area contributed by atoms with E-state index in [1.807, 2.05) is 36.2 Å². The van der Waals surface area contributed by atoms with Gasteiger partial charge in [-0.1, -0.05) is 12.1 Å². The van der Waals surface area contributed by atoms with E-state index in [-0.39, 0.29) is 5.82 Å². The quantitative estimate of drug-likeness (QED) is 0.825. The number of hydrogen-bond acceptors (Lipinski definition) is 3. The van der Waals surface area contributed by atoms with Gasteiger partial charge in [0.25, 0.3) is 0 Å². The van der Waals surface area contributed by atoms with Gasteiger partial charge in [0.05, 0.1) is 6.20 Å². The van der Waals surface area contributed by atoms with Crippen LogP contribution in [-0.4, -0.2) is 12.0 Å². The van der Waals surface area contributed by atoms with Crippen LogP contribution in [0.5, 0.6) is 0 Å². The number of halogens is 1. The van der Waals surface area contributed by atoms with E-state index in [1.165, 1.54) is 12.3 Å². The topological polar surface area (TPSA) is 42.1 Å². The second kappa shape index (κ2) is 4.82. The van der Waals surface area contributed by atoms with E-state index in [9.17, 15) is 4.39 Å². The van der Waals surface area contributed by atoms with Crippen LogP contribution in [0.4, 0.5) is 15.9 Å². The molecule has 0 unspecified atom stereocenters. The Morgan fingerprint density at radius 2 is 2.12 bits per heavy atom. The molecule has 0 fully saturated rings. The third-order valence-corrected chi connectivity index (χ3v) is 2.47. The van der Waals surface area contributed by atoms with Gasteiger partial charge in [-0.2, -0.15) is 0 Å². The summed E-state index contributed by atoms with van der Waals surface area (Å²) in [6.45, 7) is 0.684. The van der Waals surface area contributed by atoms with Gasteiger partial charge in [-0.05, 0) is 29.8 Å². The summed E-state index contributed by atoms with van der Waals surface area (Å²) in [6, 6.07) is 10.7. The summed E-state index contributed by atoms with van der Waals surface area (Å²) < 4.78 is 12.7. The number of pyridine rings is 1. The zero-order valence-corrected chi connectivity index (χ0v) is 9.60. The second-order valence-corrected chi connectivity index (χ2v) is 3.94. The van der Waals surface area contributed by atoms with E-state index in [1.54, 1.807) is 6.07 Å². The molecule has 0 radical (unpaired) electrons. The van der Waals surface area contributed by atoms with E-state index in [0.717, 1.165) is 17.1 Å². The molecule has 4 heteroatoms. The Kier molecular flexibility index (Phi) is 3.23. The lowest BCUT2D eigenvalue weighted by Gasteiger charge is -2.18. The Labute approximate surface area is 99.7 Å². The summed E-state index contributed by atoms with van der Waals surface area (Å²) in [5.41, 5.74) is 7.54. The van der Waals surface area contributed by atoms with E-state index in [2.05, 4.69) is 4.98 Å². The zero-order valence-electron chi connectivity index (χ0n) is 9.60. The average Bonchev–Trinajstić information content (AvgIpc) is 2.29. The van der Waals surface area contributed by atoms with Gasteiger partial charge in [0.1, 0.15) is 11.6 Å². The number of nitrogens with zero attached hydrogens (tertiary/aromatic N) is 2. The maximum absolute atomic E-state index is 12.7. The standard InChI is InChI=1S/C13H14FN3/c1-17(13-6-5-11(14)8-16-13)9-10-3-2-4-12(15)7-10/h2-8H,9,15H2,1H3. The van der Waals surface area contributed by atoms with Crippen LogP contribution in [0, 0.1) is 5.82 Å². The first-order chi connectivity index (χ1) is 8.15.